The third-order valence-corrected chi connectivity index (χ3v) is 10.0. The molecule has 69 heavy (non-hydrogen) atoms. The zero-order valence-corrected chi connectivity index (χ0v) is 37.3. The summed E-state index contributed by atoms with van der Waals surface area (Å²) in [6.45, 7) is 0. The standard InChI is InChI=1S/C53H44N4O12/c1-66-48-31-34(13-27-46(48)68-50(60)29-19-36-7-3-5-9-44(36)56-54-40-21-15-38(16-22-40)52(62)63)11-25-42(58)33-43(59)26-12-35-14-28-47(49(32-35)67-2)69-51(61)30-20-37-8-4-6-10-45(37)57-55-41-23-17-39(18-24-41)53(64)65/h3-18,21-28,31-32H,19-20,29-30,33H2,1-2H3,(H,62,63)(H,64,65). The van der Waals surface area contributed by atoms with Gasteiger partial charge in [0, 0.05) is 0 Å². The van der Waals surface area contributed by atoms with Crippen LogP contribution in [0.2, 0.25) is 0 Å². The molecule has 6 aromatic carbocycles. The lowest BCUT2D eigenvalue weighted by atomic mass is 10.1. The van der Waals surface area contributed by atoms with Gasteiger partial charge in [-0.05, 0) is 132 Å². The van der Waals surface area contributed by atoms with E-state index in [-0.39, 0.29) is 47.0 Å². The van der Waals surface area contributed by atoms with Gasteiger partial charge in [-0.25, -0.2) is 9.59 Å². The topological polar surface area (TPSA) is 229 Å². The van der Waals surface area contributed by atoms with Crippen molar-refractivity contribution in [2.75, 3.05) is 14.2 Å². The summed E-state index contributed by atoms with van der Waals surface area (Å²) in [5.41, 5.74) is 4.92. The lowest BCUT2D eigenvalue weighted by Crippen LogP contribution is -2.10. The lowest BCUT2D eigenvalue weighted by molar-refractivity contribution is -0.135. The summed E-state index contributed by atoms with van der Waals surface area (Å²) in [5.74, 6) is -3.17. The van der Waals surface area contributed by atoms with Crippen molar-refractivity contribution in [3.05, 3.63) is 179 Å². The Labute approximate surface area is 395 Å². The molecule has 0 bridgehead atoms. The molecule has 0 aliphatic heterocycles. The minimum Gasteiger partial charge on any atom is -0.493 e. The largest absolute Gasteiger partial charge is 0.493 e. The normalized spacial score (nSPS) is 11.3. The van der Waals surface area contributed by atoms with Crippen molar-refractivity contribution >= 4 is 70.3 Å². The molecule has 0 aliphatic carbocycles. The zero-order valence-electron chi connectivity index (χ0n) is 37.3. The first-order valence-electron chi connectivity index (χ1n) is 21.2. The summed E-state index contributed by atoms with van der Waals surface area (Å²) >= 11 is 0. The number of rotatable bonds is 22. The van der Waals surface area contributed by atoms with Crippen molar-refractivity contribution < 1.29 is 57.9 Å². The Hall–Kier alpha value is -9.18. The van der Waals surface area contributed by atoms with Crippen LogP contribution in [0.15, 0.2) is 166 Å². The van der Waals surface area contributed by atoms with Gasteiger partial charge in [-0.1, -0.05) is 60.7 Å². The van der Waals surface area contributed by atoms with E-state index in [0.717, 1.165) is 11.1 Å². The van der Waals surface area contributed by atoms with Gasteiger partial charge < -0.3 is 29.2 Å². The number of esters is 2. The molecule has 0 spiro atoms. The van der Waals surface area contributed by atoms with E-state index < -0.39 is 41.9 Å². The lowest BCUT2D eigenvalue weighted by Gasteiger charge is -2.10. The van der Waals surface area contributed by atoms with Gasteiger partial charge in [-0.2, -0.15) is 20.5 Å². The number of carbonyl (C=O) groups excluding carboxylic acids is 4. The first-order valence-corrected chi connectivity index (χ1v) is 21.2. The predicted octanol–water partition coefficient (Wildman–Crippen LogP) is 11.3. The molecular formula is C53H44N4O12. The van der Waals surface area contributed by atoms with Crippen molar-refractivity contribution in [3.8, 4) is 23.0 Å². The van der Waals surface area contributed by atoms with Crippen LogP contribution in [0.5, 0.6) is 23.0 Å². The highest BCUT2D eigenvalue weighted by Crippen LogP contribution is 2.32. The maximum Gasteiger partial charge on any atom is 0.335 e. The van der Waals surface area contributed by atoms with E-state index in [1.54, 1.807) is 72.8 Å². The molecule has 0 aromatic heterocycles. The third-order valence-electron chi connectivity index (χ3n) is 10.0. The fraction of sp³-hybridized carbons (Fsp3) is 0.132. The molecule has 0 saturated heterocycles. The van der Waals surface area contributed by atoms with Gasteiger partial charge in [0.05, 0.1) is 67.4 Å². The summed E-state index contributed by atoms with van der Waals surface area (Å²) in [6.07, 6.45) is 5.80. The average Bonchev–Trinajstić information content (AvgIpc) is 3.36. The Morgan fingerprint density at radius 1 is 0.478 bits per heavy atom. The molecule has 16 heteroatoms. The second-order valence-corrected chi connectivity index (χ2v) is 14.9. The van der Waals surface area contributed by atoms with Crippen LogP contribution in [-0.2, 0) is 32.0 Å². The Morgan fingerprint density at radius 2 is 0.870 bits per heavy atom. The Balaban J connectivity index is 0.960. The van der Waals surface area contributed by atoms with Crippen molar-refractivity contribution in [1.82, 2.24) is 0 Å². The summed E-state index contributed by atoms with van der Waals surface area (Å²) in [6, 6.07) is 35.8. The van der Waals surface area contributed by atoms with E-state index in [2.05, 4.69) is 20.5 Å². The van der Waals surface area contributed by atoms with Gasteiger partial charge in [-0.15, -0.1) is 0 Å². The first kappa shape index (κ1) is 49.3. The highest BCUT2D eigenvalue weighted by molar-refractivity contribution is 6.11. The molecule has 0 heterocycles. The quantitative estimate of drug-likeness (QED) is 0.0213. The van der Waals surface area contributed by atoms with Gasteiger partial charge in [-0.3, -0.25) is 19.2 Å². The number of carbonyl (C=O) groups is 6. The van der Waals surface area contributed by atoms with E-state index in [0.29, 0.717) is 46.7 Å². The second-order valence-electron chi connectivity index (χ2n) is 14.9. The summed E-state index contributed by atoms with van der Waals surface area (Å²) in [7, 11) is 2.83. The van der Waals surface area contributed by atoms with Gasteiger partial charge in [0.25, 0.3) is 0 Å². The molecule has 0 unspecified atom stereocenters. The number of ketones is 2. The number of hydrogen-bond acceptors (Lipinski definition) is 14. The smallest absolute Gasteiger partial charge is 0.335 e. The number of methoxy groups -OCH3 is 2. The molecule has 16 nitrogen and oxygen atoms in total. The highest BCUT2D eigenvalue weighted by atomic mass is 16.6. The molecular weight excluding hydrogens is 885 g/mol. The SMILES string of the molecule is COc1cc(C=CC(=O)CC(=O)C=Cc2ccc(OC(=O)CCc3ccccc3N=Nc3ccc(C(=O)O)cc3)c(OC)c2)ccc1OC(=O)CCc1ccccc1N=Nc1ccc(C(=O)O)cc1. The average molecular weight is 929 g/mol. The maximum absolute atomic E-state index is 12.9. The van der Waals surface area contributed by atoms with Crippen LogP contribution in [0.1, 0.15) is 62.2 Å². The van der Waals surface area contributed by atoms with E-state index in [1.165, 1.54) is 74.9 Å². The van der Waals surface area contributed by atoms with Gasteiger partial charge in [0.2, 0.25) is 0 Å². The van der Waals surface area contributed by atoms with Gasteiger partial charge in [0.15, 0.2) is 34.6 Å². The Bertz CT molecular complexity index is 2780. The Morgan fingerprint density at radius 3 is 1.25 bits per heavy atom. The number of aromatic carboxylic acids is 2. The maximum atomic E-state index is 12.9. The van der Waals surface area contributed by atoms with Crippen LogP contribution < -0.4 is 18.9 Å². The molecule has 0 atom stereocenters. The van der Waals surface area contributed by atoms with Crippen LogP contribution in [0.25, 0.3) is 12.2 Å². The number of azo groups is 2. The molecule has 348 valence electrons. The van der Waals surface area contributed by atoms with Crippen LogP contribution in [0.3, 0.4) is 0 Å². The van der Waals surface area contributed by atoms with Crippen molar-refractivity contribution in [3.63, 3.8) is 0 Å². The number of nitrogens with zero attached hydrogens (tertiary/aromatic N) is 4. The number of benzene rings is 6. The first-order chi connectivity index (χ1) is 33.4. The van der Waals surface area contributed by atoms with Crippen LogP contribution in [0.4, 0.5) is 22.7 Å². The number of carboxylic acid groups (broad SMARTS) is 2. The number of carboxylic acids is 2. The monoisotopic (exact) mass is 928 g/mol. The zero-order chi connectivity index (χ0) is 49.1. The van der Waals surface area contributed by atoms with Crippen molar-refractivity contribution in [2.24, 2.45) is 20.5 Å². The van der Waals surface area contributed by atoms with E-state index in [4.69, 9.17) is 29.2 Å². The minimum atomic E-state index is -1.04. The predicted molar refractivity (Wildman–Crippen MR) is 255 cm³/mol. The molecule has 0 amide bonds. The van der Waals surface area contributed by atoms with Crippen molar-refractivity contribution in [1.29, 1.82) is 0 Å². The van der Waals surface area contributed by atoms with Gasteiger partial charge >= 0.3 is 23.9 Å². The second kappa shape index (κ2) is 24.4. The van der Waals surface area contributed by atoms with E-state index in [1.807, 2.05) is 24.3 Å². The van der Waals surface area contributed by atoms with Gasteiger partial charge in [0.1, 0.15) is 0 Å². The number of ether oxygens (including phenoxy) is 4. The van der Waals surface area contributed by atoms with E-state index in [9.17, 15) is 28.8 Å². The summed E-state index contributed by atoms with van der Waals surface area (Å²) in [4.78, 5) is 73.5. The Kier molecular flexibility index (Phi) is 17.4. The van der Waals surface area contributed by atoms with Crippen LogP contribution >= 0.6 is 0 Å². The molecule has 2 N–H and O–H groups in total. The number of aryl methyl sites for hydroxylation is 2. The number of hydrogen-bond donors (Lipinski definition) is 2. The van der Waals surface area contributed by atoms with Crippen LogP contribution in [0, 0.1) is 0 Å². The molecule has 0 saturated carbocycles. The molecule has 0 radical (unpaired) electrons. The third kappa shape index (κ3) is 14.9. The fourth-order valence-corrected chi connectivity index (χ4v) is 6.44. The molecule has 6 aromatic rings. The molecule has 0 fully saturated rings. The molecule has 0 aliphatic rings. The van der Waals surface area contributed by atoms with Crippen LogP contribution in [-0.4, -0.2) is 59.9 Å². The van der Waals surface area contributed by atoms with Crippen molar-refractivity contribution in [2.45, 2.75) is 32.1 Å². The summed E-state index contributed by atoms with van der Waals surface area (Å²) < 4.78 is 22.1. The molecule has 6 rings (SSSR count). The number of allylic oxidation sites excluding steroid dienone is 2. The summed E-state index contributed by atoms with van der Waals surface area (Å²) in [5, 5.41) is 35.1. The minimum absolute atomic E-state index is 0.0164. The van der Waals surface area contributed by atoms with E-state index >= 15 is 0 Å². The fourth-order valence-electron chi connectivity index (χ4n) is 6.44. The highest BCUT2D eigenvalue weighted by Gasteiger charge is 2.15.